The normalized spacial score (nSPS) is 17.4. The molecule has 1 aliphatic rings. The van der Waals surface area contributed by atoms with E-state index in [-0.39, 0.29) is 29.5 Å². The van der Waals surface area contributed by atoms with Crippen LogP contribution in [0.3, 0.4) is 0 Å². The number of ether oxygens (including phenoxy) is 1. The van der Waals surface area contributed by atoms with Gasteiger partial charge in [-0.3, -0.25) is 4.90 Å². The average molecular weight is 420 g/mol. The lowest BCUT2D eigenvalue weighted by Gasteiger charge is -2.36. The van der Waals surface area contributed by atoms with E-state index < -0.39 is 18.6 Å². The first-order valence-corrected chi connectivity index (χ1v) is 7.69. The van der Waals surface area contributed by atoms with E-state index in [2.05, 4.69) is 21.2 Å². The third-order valence-corrected chi connectivity index (χ3v) is 4.12. The summed E-state index contributed by atoms with van der Waals surface area (Å²) in [6.07, 6.45) is -5.34. The van der Waals surface area contributed by atoms with E-state index in [9.17, 15) is 18.3 Å². The predicted molar refractivity (Wildman–Crippen MR) is 87.5 cm³/mol. The Kier molecular flexibility index (Phi) is 7.44. The van der Waals surface area contributed by atoms with Gasteiger partial charge in [-0.15, -0.1) is 12.4 Å². The standard InChI is InChI=1S/C14H18BrF3N2O2.ClH/c1-22-12-7-9(15)6-10(13(12)21)11(8-14(16,17)18)20-4-2-19-3-5-20;/h6-7,11,19,21H,2-5,8H2,1H3;1H/t11-;/m0./s1. The molecule has 23 heavy (non-hydrogen) atoms. The number of alkyl halides is 3. The molecule has 9 heteroatoms. The Morgan fingerprint density at radius 1 is 1.35 bits per heavy atom. The van der Waals surface area contributed by atoms with Crippen molar-refractivity contribution in [2.45, 2.75) is 18.6 Å². The topological polar surface area (TPSA) is 44.7 Å². The van der Waals surface area contributed by atoms with E-state index in [1.165, 1.54) is 19.2 Å². The summed E-state index contributed by atoms with van der Waals surface area (Å²) in [4.78, 5) is 1.74. The van der Waals surface area contributed by atoms with Gasteiger partial charge in [0.1, 0.15) is 0 Å². The Hall–Kier alpha value is -0.700. The summed E-state index contributed by atoms with van der Waals surface area (Å²) in [7, 11) is 1.37. The number of nitrogens with zero attached hydrogens (tertiary/aromatic N) is 1. The van der Waals surface area contributed by atoms with E-state index in [1.54, 1.807) is 4.90 Å². The Balaban J connectivity index is 0.00000264. The van der Waals surface area contributed by atoms with Gasteiger partial charge in [-0.1, -0.05) is 15.9 Å². The number of phenolic OH excluding ortho intramolecular Hbond substituents is 1. The number of piperazine rings is 1. The molecule has 2 N–H and O–H groups in total. The maximum absolute atomic E-state index is 13.0. The molecule has 1 heterocycles. The van der Waals surface area contributed by atoms with Crippen LogP contribution in [0.1, 0.15) is 18.0 Å². The third-order valence-electron chi connectivity index (χ3n) is 3.67. The average Bonchev–Trinajstić information content (AvgIpc) is 2.47. The molecule has 0 amide bonds. The molecule has 0 bridgehead atoms. The Morgan fingerprint density at radius 3 is 2.48 bits per heavy atom. The zero-order chi connectivity index (χ0) is 16.3. The van der Waals surface area contributed by atoms with Crippen molar-refractivity contribution in [2.24, 2.45) is 0 Å². The third kappa shape index (κ3) is 5.41. The fourth-order valence-electron chi connectivity index (χ4n) is 2.65. The first kappa shape index (κ1) is 20.3. The molecule has 0 aliphatic carbocycles. The van der Waals surface area contributed by atoms with Crippen LogP contribution >= 0.6 is 28.3 Å². The molecule has 0 unspecified atom stereocenters. The quantitative estimate of drug-likeness (QED) is 0.784. The molecule has 1 aromatic rings. The molecule has 132 valence electrons. The summed E-state index contributed by atoms with van der Waals surface area (Å²) < 4.78 is 44.6. The number of methoxy groups -OCH3 is 1. The molecular weight excluding hydrogens is 401 g/mol. The second-order valence-corrected chi connectivity index (χ2v) is 6.08. The van der Waals surface area contributed by atoms with Gasteiger partial charge < -0.3 is 15.2 Å². The number of rotatable bonds is 4. The van der Waals surface area contributed by atoms with Crippen molar-refractivity contribution >= 4 is 28.3 Å². The highest BCUT2D eigenvalue weighted by Gasteiger charge is 2.37. The van der Waals surface area contributed by atoms with Crippen LogP contribution in [0.4, 0.5) is 13.2 Å². The summed E-state index contributed by atoms with van der Waals surface area (Å²) in [6, 6.07) is 2.12. The summed E-state index contributed by atoms with van der Waals surface area (Å²) in [6.45, 7) is 2.24. The van der Waals surface area contributed by atoms with Gasteiger partial charge in [0.2, 0.25) is 0 Å². The summed E-state index contributed by atoms with van der Waals surface area (Å²) in [5.74, 6) is -0.0785. The fourth-order valence-corrected chi connectivity index (χ4v) is 3.11. The van der Waals surface area contributed by atoms with E-state index in [1.807, 2.05) is 0 Å². The van der Waals surface area contributed by atoms with E-state index in [4.69, 9.17) is 4.74 Å². The smallest absolute Gasteiger partial charge is 0.390 e. The lowest BCUT2D eigenvalue weighted by Crippen LogP contribution is -2.46. The molecule has 1 aromatic carbocycles. The molecule has 1 fully saturated rings. The van der Waals surface area contributed by atoms with Gasteiger partial charge in [0, 0.05) is 42.3 Å². The van der Waals surface area contributed by atoms with Crippen LogP contribution < -0.4 is 10.1 Å². The fraction of sp³-hybridized carbons (Fsp3) is 0.571. The molecule has 0 aromatic heterocycles. The van der Waals surface area contributed by atoms with Crippen molar-refractivity contribution in [2.75, 3.05) is 33.3 Å². The first-order valence-electron chi connectivity index (χ1n) is 6.89. The molecule has 1 saturated heterocycles. The van der Waals surface area contributed by atoms with Crippen LogP contribution in [-0.2, 0) is 0 Å². The zero-order valence-electron chi connectivity index (χ0n) is 12.5. The SMILES string of the molecule is COc1cc(Br)cc([C@H](CC(F)(F)F)N2CCNCC2)c1O.Cl. The van der Waals surface area contributed by atoms with E-state index in [0.717, 1.165) is 0 Å². The van der Waals surface area contributed by atoms with Crippen LogP contribution in [0.2, 0.25) is 0 Å². The Bertz CT molecular complexity index is 525. The Morgan fingerprint density at radius 2 is 1.96 bits per heavy atom. The number of halogens is 5. The number of benzene rings is 1. The maximum atomic E-state index is 13.0. The number of nitrogens with one attached hydrogen (secondary N) is 1. The van der Waals surface area contributed by atoms with E-state index in [0.29, 0.717) is 30.7 Å². The largest absolute Gasteiger partial charge is 0.504 e. The zero-order valence-corrected chi connectivity index (χ0v) is 14.9. The summed E-state index contributed by atoms with van der Waals surface area (Å²) in [5, 5.41) is 13.4. The lowest BCUT2D eigenvalue weighted by atomic mass is 9.99. The van der Waals surface area contributed by atoms with Crippen molar-refractivity contribution < 1.29 is 23.0 Å². The Labute approximate surface area is 147 Å². The van der Waals surface area contributed by atoms with E-state index >= 15 is 0 Å². The van der Waals surface area contributed by atoms with Gasteiger partial charge in [-0.25, -0.2) is 0 Å². The molecule has 0 spiro atoms. The van der Waals surface area contributed by atoms with Crippen LogP contribution in [0.5, 0.6) is 11.5 Å². The van der Waals surface area contributed by atoms with Crippen molar-refractivity contribution in [3.63, 3.8) is 0 Å². The number of aromatic hydroxyl groups is 1. The van der Waals surface area contributed by atoms with Crippen molar-refractivity contribution in [3.05, 3.63) is 22.2 Å². The maximum Gasteiger partial charge on any atom is 0.390 e. The highest BCUT2D eigenvalue weighted by molar-refractivity contribution is 9.10. The molecule has 1 aliphatic heterocycles. The van der Waals surface area contributed by atoms with Gasteiger partial charge in [0.05, 0.1) is 13.5 Å². The lowest BCUT2D eigenvalue weighted by molar-refractivity contribution is -0.148. The van der Waals surface area contributed by atoms with Crippen LogP contribution in [0.15, 0.2) is 16.6 Å². The van der Waals surface area contributed by atoms with Gasteiger partial charge >= 0.3 is 6.18 Å². The number of hydrogen-bond donors (Lipinski definition) is 2. The predicted octanol–water partition coefficient (Wildman–Crippen LogP) is 3.48. The summed E-state index contributed by atoms with van der Waals surface area (Å²) in [5.41, 5.74) is 0.227. The molecule has 2 rings (SSSR count). The highest BCUT2D eigenvalue weighted by atomic mass is 79.9. The van der Waals surface area contributed by atoms with Crippen LogP contribution in [-0.4, -0.2) is 49.5 Å². The van der Waals surface area contributed by atoms with Gasteiger partial charge in [-0.05, 0) is 12.1 Å². The van der Waals surface area contributed by atoms with Crippen LogP contribution in [0.25, 0.3) is 0 Å². The number of hydrogen-bond acceptors (Lipinski definition) is 4. The van der Waals surface area contributed by atoms with Crippen molar-refractivity contribution in [1.82, 2.24) is 10.2 Å². The van der Waals surface area contributed by atoms with Gasteiger partial charge in [0.25, 0.3) is 0 Å². The molecule has 0 saturated carbocycles. The second-order valence-electron chi connectivity index (χ2n) is 5.17. The first-order chi connectivity index (χ1) is 10.3. The van der Waals surface area contributed by atoms with Crippen LogP contribution in [0, 0.1) is 0 Å². The molecule has 1 atom stereocenters. The summed E-state index contributed by atoms with van der Waals surface area (Å²) >= 11 is 3.26. The number of phenols is 1. The van der Waals surface area contributed by atoms with Gasteiger partial charge in [-0.2, -0.15) is 13.2 Å². The van der Waals surface area contributed by atoms with Crippen molar-refractivity contribution in [3.8, 4) is 11.5 Å². The molecular formula is C14H19BrClF3N2O2. The minimum Gasteiger partial charge on any atom is -0.504 e. The highest BCUT2D eigenvalue weighted by Crippen LogP contribution is 2.43. The minimum absolute atomic E-state index is 0. The van der Waals surface area contributed by atoms with Gasteiger partial charge in [0.15, 0.2) is 11.5 Å². The molecule has 0 radical (unpaired) electrons. The van der Waals surface area contributed by atoms with Crippen molar-refractivity contribution in [1.29, 1.82) is 0 Å². The second kappa shape index (κ2) is 8.41. The monoisotopic (exact) mass is 418 g/mol. The minimum atomic E-state index is -4.32. The molecule has 4 nitrogen and oxygen atoms in total.